The lowest BCUT2D eigenvalue weighted by Gasteiger charge is -2.17. The van der Waals surface area contributed by atoms with Crippen molar-refractivity contribution >= 4 is 69.6 Å². The van der Waals surface area contributed by atoms with E-state index in [0.29, 0.717) is 5.56 Å². The second-order valence-corrected chi connectivity index (χ2v) is 10.7. The van der Waals surface area contributed by atoms with Crippen molar-refractivity contribution in [2.45, 2.75) is 21.4 Å². The number of halogens is 6. The van der Waals surface area contributed by atoms with Gasteiger partial charge in [0.2, 0.25) is 7.59 Å². The number of alkyl halides is 6. The maximum absolute atomic E-state index is 5.98. The van der Waals surface area contributed by atoms with Gasteiger partial charge in [-0.15, -0.1) is 0 Å². The second kappa shape index (κ2) is 8.14. The third-order valence-electron chi connectivity index (χ3n) is 4.08. The molecule has 1 heterocycles. The van der Waals surface area contributed by atoms with E-state index in [2.05, 4.69) is 15.0 Å². The van der Waals surface area contributed by atoms with E-state index in [4.69, 9.17) is 69.6 Å². The number of rotatable bonds is 2. The fraction of sp³-hybridized carbons (Fsp3) is 0.211. The van der Waals surface area contributed by atoms with Crippen molar-refractivity contribution in [2.24, 2.45) is 0 Å². The van der Waals surface area contributed by atoms with Crippen molar-refractivity contribution < 1.29 is 0 Å². The Morgan fingerprint density at radius 3 is 1.71 bits per heavy atom. The summed E-state index contributed by atoms with van der Waals surface area (Å²) < 4.78 is -3.80. The predicted octanol–water partition coefficient (Wildman–Crippen LogP) is 7.48. The molecular formula is C19H13Cl6N3. The van der Waals surface area contributed by atoms with Crippen molar-refractivity contribution in [3.63, 3.8) is 0 Å². The van der Waals surface area contributed by atoms with Crippen LogP contribution in [0.15, 0.2) is 42.5 Å². The fourth-order valence-corrected chi connectivity index (χ4v) is 3.18. The summed E-state index contributed by atoms with van der Waals surface area (Å²) in [5.74, 6) is 0.0135. The summed E-state index contributed by atoms with van der Waals surface area (Å²) in [6.45, 7) is 3.96. The van der Waals surface area contributed by atoms with E-state index in [9.17, 15) is 0 Å². The zero-order valence-corrected chi connectivity index (χ0v) is 19.2. The Morgan fingerprint density at radius 2 is 1.18 bits per heavy atom. The Kier molecular flexibility index (Phi) is 6.36. The third-order valence-corrected chi connectivity index (χ3v) is 5.09. The maximum Gasteiger partial charge on any atom is 0.250 e. The first-order chi connectivity index (χ1) is 13.0. The molecule has 28 heavy (non-hydrogen) atoms. The van der Waals surface area contributed by atoms with Crippen LogP contribution < -0.4 is 0 Å². The van der Waals surface area contributed by atoms with Gasteiger partial charge in [0.15, 0.2) is 17.5 Å². The van der Waals surface area contributed by atoms with Gasteiger partial charge in [-0.3, -0.25) is 0 Å². The number of nitrogens with zero attached hydrogens (tertiary/aromatic N) is 3. The van der Waals surface area contributed by atoms with Gasteiger partial charge < -0.3 is 0 Å². The molecule has 3 rings (SSSR count). The molecule has 0 bridgehead atoms. The van der Waals surface area contributed by atoms with Crippen LogP contribution in [0.5, 0.6) is 0 Å². The summed E-state index contributed by atoms with van der Waals surface area (Å²) >= 11 is 35.9. The predicted molar refractivity (Wildman–Crippen MR) is 119 cm³/mol. The Morgan fingerprint density at radius 1 is 0.643 bits per heavy atom. The van der Waals surface area contributed by atoms with Gasteiger partial charge >= 0.3 is 0 Å². The topological polar surface area (TPSA) is 38.7 Å². The van der Waals surface area contributed by atoms with Crippen molar-refractivity contribution in [1.82, 2.24) is 15.0 Å². The molecule has 0 amide bonds. The second-order valence-electron chi connectivity index (χ2n) is 6.15. The highest BCUT2D eigenvalue weighted by Crippen LogP contribution is 2.41. The van der Waals surface area contributed by atoms with Crippen molar-refractivity contribution in [3.05, 3.63) is 65.2 Å². The van der Waals surface area contributed by atoms with Gasteiger partial charge in [0.05, 0.1) is 0 Å². The van der Waals surface area contributed by atoms with Crippen LogP contribution >= 0.6 is 69.6 Å². The Bertz CT molecular complexity index is 993. The van der Waals surface area contributed by atoms with Crippen LogP contribution in [-0.2, 0) is 7.59 Å². The van der Waals surface area contributed by atoms with E-state index in [1.54, 1.807) is 0 Å². The quantitative estimate of drug-likeness (QED) is 0.346. The van der Waals surface area contributed by atoms with Crippen LogP contribution in [0.2, 0.25) is 0 Å². The molecule has 1 aromatic heterocycles. The van der Waals surface area contributed by atoms with Crippen molar-refractivity contribution in [1.29, 1.82) is 0 Å². The number of aryl methyl sites for hydroxylation is 2. The molecule has 0 saturated heterocycles. The van der Waals surface area contributed by atoms with E-state index in [-0.39, 0.29) is 17.5 Å². The smallest absolute Gasteiger partial charge is 0.209 e. The van der Waals surface area contributed by atoms with Crippen LogP contribution in [0.1, 0.15) is 22.8 Å². The molecule has 2 aromatic carbocycles. The first-order valence-electron chi connectivity index (χ1n) is 8.04. The van der Waals surface area contributed by atoms with Crippen molar-refractivity contribution in [3.8, 4) is 22.5 Å². The Hall–Kier alpha value is -0.810. The number of hydrogen-bond donors (Lipinski definition) is 0. The average molecular weight is 496 g/mol. The lowest BCUT2D eigenvalue weighted by Crippen LogP contribution is -2.17. The van der Waals surface area contributed by atoms with Gasteiger partial charge in [-0.1, -0.05) is 106 Å². The van der Waals surface area contributed by atoms with Crippen molar-refractivity contribution in [2.75, 3.05) is 0 Å². The molecular weight excluding hydrogens is 483 g/mol. The minimum atomic E-state index is -1.90. The lowest BCUT2D eigenvalue weighted by molar-refractivity contribution is 0.850. The monoisotopic (exact) mass is 493 g/mol. The molecule has 0 radical (unpaired) electrons. The molecule has 0 spiro atoms. The molecule has 0 N–H and O–H groups in total. The zero-order chi connectivity index (χ0) is 20.7. The van der Waals surface area contributed by atoms with Gasteiger partial charge in [-0.05, 0) is 42.2 Å². The summed E-state index contributed by atoms with van der Waals surface area (Å²) in [6, 6.07) is 14.0. The van der Waals surface area contributed by atoms with Crippen LogP contribution in [0.3, 0.4) is 0 Å². The highest BCUT2D eigenvalue weighted by Gasteiger charge is 2.34. The number of benzene rings is 2. The van der Waals surface area contributed by atoms with E-state index >= 15 is 0 Å². The number of hydrogen-bond acceptors (Lipinski definition) is 3. The van der Waals surface area contributed by atoms with E-state index in [1.165, 1.54) is 0 Å². The SMILES string of the molecule is Cc1ccccc1-c1ccc(C)c(-c2nc(C(Cl)(Cl)Cl)nc(C(Cl)(Cl)Cl)n2)c1. The Balaban J connectivity index is 2.23. The standard InChI is InChI=1S/C19H13Cl6N3/c1-10-5-3-4-6-13(10)12-8-7-11(2)14(9-12)15-26-16(18(20,21)22)28-17(27-15)19(23,24)25/h3-9H,1-2H3. The van der Waals surface area contributed by atoms with Gasteiger partial charge in [0.25, 0.3) is 0 Å². The summed E-state index contributed by atoms with van der Waals surface area (Å²) in [7, 11) is 0. The molecule has 3 aromatic rings. The van der Waals surface area contributed by atoms with Crippen LogP contribution in [0.25, 0.3) is 22.5 Å². The summed E-state index contributed by atoms with van der Waals surface area (Å²) in [5.41, 5.74) is 4.84. The molecule has 0 unspecified atom stereocenters. The first-order valence-corrected chi connectivity index (χ1v) is 10.3. The minimum absolute atomic E-state index is 0.121. The maximum atomic E-state index is 5.98. The Labute approximate surface area is 192 Å². The largest absolute Gasteiger partial charge is 0.250 e. The van der Waals surface area contributed by atoms with Crippen LogP contribution in [0.4, 0.5) is 0 Å². The fourth-order valence-electron chi connectivity index (χ4n) is 2.68. The van der Waals surface area contributed by atoms with Gasteiger partial charge in [0, 0.05) is 5.56 Å². The van der Waals surface area contributed by atoms with Gasteiger partial charge in [-0.25, -0.2) is 15.0 Å². The van der Waals surface area contributed by atoms with E-state index < -0.39 is 7.59 Å². The van der Waals surface area contributed by atoms with Gasteiger partial charge in [-0.2, -0.15) is 0 Å². The highest BCUT2D eigenvalue weighted by atomic mass is 35.6. The van der Waals surface area contributed by atoms with Gasteiger partial charge in [0.1, 0.15) is 0 Å². The van der Waals surface area contributed by atoms with E-state index in [0.717, 1.165) is 22.3 Å². The first kappa shape index (κ1) is 21.9. The summed E-state index contributed by atoms with van der Waals surface area (Å²) in [4.78, 5) is 12.6. The number of aromatic nitrogens is 3. The molecule has 0 saturated carbocycles. The molecule has 0 aliphatic rings. The molecule has 0 aliphatic heterocycles. The van der Waals surface area contributed by atoms with Crippen LogP contribution in [-0.4, -0.2) is 15.0 Å². The molecule has 0 fully saturated rings. The normalized spacial score (nSPS) is 12.3. The molecule has 9 heteroatoms. The molecule has 3 nitrogen and oxygen atoms in total. The molecule has 0 aliphatic carbocycles. The average Bonchev–Trinajstić information content (AvgIpc) is 2.61. The van der Waals surface area contributed by atoms with E-state index in [1.807, 2.05) is 56.3 Å². The summed E-state index contributed by atoms with van der Waals surface area (Å²) in [5, 5.41) is 0. The third kappa shape index (κ3) is 4.84. The molecule has 0 atom stereocenters. The summed E-state index contributed by atoms with van der Waals surface area (Å²) in [6.07, 6.45) is 0. The lowest BCUT2D eigenvalue weighted by atomic mass is 9.96. The highest BCUT2D eigenvalue weighted by molar-refractivity contribution is 6.67. The minimum Gasteiger partial charge on any atom is -0.209 e. The van der Waals surface area contributed by atoms with Crippen LogP contribution in [0, 0.1) is 13.8 Å². The zero-order valence-electron chi connectivity index (χ0n) is 14.7. The molecule has 146 valence electrons.